The Balaban J connectivity index is 1.38. The maximum absolute atomic E-state index is 6.54. The van der Waals surface area contributed by atoms with Crippen molar-refractivity contribution in [2.24, 2.45) is 5.41 Å². The minimum atomic E-state index is -0.248. The minimum absolute atomic E-state index is 0.0188. The second kappa shape index (κ2) is 7.85. The van der Waals surface area contributed by atoms with E-state index in [2.05, 4.69) is 40.0 Å². The molecule has 6 nitrogen and oxygen atoms in total. The van der Waals surface area contributed by atoms with Gasteiger partial charge in [0.05, 0.1) is 12.3 Å². The standard InChI is InChI=1S/C24H30N4O2/c1-3-29-11-10-27(2)15-20-12-23-16-24(23,22-21(20)7-5-9-26-22)30-18-28(17-23)14-19-6-4-8-25-13-19/h4-9,12-13H,3,10-11,14-18H2,1-2H3. The molecule has 1 saturated heterocycles. The highest BCUT2D eigenvalue weighted by Gasteiger charge is 2.73. The maximum atomic E-state index is 6.54. The highest BCUT2D eigenvalue weighted by atomic mass is 16.5. The van der Waals surface area contributed by atoms with E-state index >= 15 is 0 Å². The van der Waals surface area contributed by atoms with E-state index in [1.54, 1.807) is 0 Å². The lowest BCUT2D eigenvalue weighted by atomic mass is 9.84. The Labute approximate surface area is 178 Å². The van der Waals surface area contributed by atoms with Crippen LogP contribution in [0.1, 0.15) is 30.2 Å². The second-order valence-corrected chi connectivity index (χ2v) is 8.79. The average molecular weight is 407 g/mol. The molecule has 2 aliphatic carbocycles. The van der Waals surface area contributed by atoms with E-state index in [9.17, 15) is 0 Å². The molecule has 0 bridgehead atoms. The Bertz CT molecular complexity index is 934. The minimum Gasteiger partial charge on any atom is -0.380 e. The van der Waals surface area contributed by atoms with Crippen molar-refractivity contribution in [3.63, 3.8) is 0 Å². The van der Waals surface area contributed by atoms with Crippen molar-refractivity contribution in [1.82, 2.24) is 19.8 Å². The van der Waals surface area contributed by atoms with Gasteiger partial charge in [0.2, 0.25) is 0 Å². The van der Waals surface area contributed by atoms with Crippen molar-refractivity contribution in [1.29, 1.82) is 0 Å². The van der Waals surface area contributed by atoms with Crippen LogP contribution in [0.4, 0.5) is 0 Å². The summed E-state index contributed by atoms with van der Waals surface area (Å²) < 4.78 is 12.1. The Hall–Kier alpha value is -2.12. The summed E-state index contributed by atoms with van der Waals surface area (Å²) in [5.74, 6) is 0. The summed E-state index contributed by atoms with van der Waals surface area (Å²) in [4.78, 5) is 13.8. The fourth-order valence-corrected chi connectivity index (χ4v) is 5.14. The number of nitrogens with zero attached hydrogens (tertiary/aromatic N) is 4. The van der Waals surface area contributed by atoms with Crippen molar-refractivity contribution in [2.45, 2.75) is 25.5 Å². The summed E-state index contributed by atoms with van der Waals surface area (Å²) in [6, 6.07) is 8.37. The zero-order valence-corrected chi connectivity index (χ0v) is 17.9. The normalized spacial score (nSPS) is 27.2. The Morgan fingerprint density at radius 2 is 2.17 bits per heavy atom. The topological polar surface area (TPSA) is 50.7 Å². The molecule has 158 valence electrons. The molecule has 30 heavy (non-hydrogen) atoms. The smallest absolute Gasteiger partial charge is 0.124 e. The van der Waals surface area contributed by atoms with Crippen LogP contribution in [0.3, 0.4) is 0 Å². The first-order valence-electron chi connectivity index (χ1n) is 10.8. The number of hydrogen-bond donors (Lipinski definition) is 0. The quantitative estimate of drug-likeness (QED) is 0.629. The Morgan fingerprint density at radius 3 is 3.00 bits per heavy atom. The lowest BCUT2D eigenvalue weighted by Crippen LogP contribution is -2.44. The largest absolute Gasteiger partial charge is 0.380 e. The van der Waals surface area contributed by atoms with E-state index in [1.807, 2.05) is 37.6 Å². The summed E-state index contributed by atoms with van der Waals surface area (Å²) in [6.07, 6.45) is 9.17. The van der Waals surface area contributed by atoms with Crippen LogP contribution in [0.15, 0.2) is 48.9 Å². The molecule has 1 saturated carbocycles. The van der Waals surface area contributed by atoms with Gasteiger partial charge in [-0.2, -0.15) is 0 Å². The third-order valence-corrected chi connectivity index (χ3v) is 6.62. The predicted octanol–water partition coefficient (Wildman–Crippen LogP) is 2.92. The third-order valence-electron chi connectivity index (χ3n) is 6.62. The van der Waals surface area contributed by atoms with Crippen LogP contribution in [0.5, 0.6) is 0 Å². The summed E-state index contributed by atoms with van der Waals surface area (Å²) in [5, 5.41) is 0. The molecule has 0 radical (unpaired) electrons. The van der Waals surface area contributed by atoms with Crippen molar-refractivity contribution in [2.75, 3.05) is 46.6 Å². The molecule has 0 aromatic carbocycles. The zero-order chi connectivity index (χ0) is 20.6. The molecular formula is C24H30N4O2. The number of ether oxygens (including phenoxy) is 2. The monoisotopic (exact) mass is 406 g/mol. The summed E-state index contributed by atoms with van der Waals surface area (Å²) in [5.41, 5.74) is 4.72. The first kappa shape index (κ1) is 19.8. The number of hydrogen-bond acceptors (Lipinski definition) is 6. The van der Waals surface area contributed by atoms with Gasteiger partial charge in [-0.3, -0.25) is 19.8 Å². The average Bonchev–Trinajstić information content (AvgIpc) is 3.44. The van der Waals surface area contributed by atoms with Gasteiger partial charge in [-0.05, 0) is 43.7 Å². The van der Waals surface area contributed by atoms with Gasteiger partial charge in [0.15, 0.2) is 0 Å². The lowest BCUT2D eigenvalue weighted by molar-refractivity contribution is -0.106. The van der Waals surface area contributed by atoms with E-state index in [-0.39, 0.29) is 11.0 Å². The molecule has 3 aliphatic rings. The molecule has 0 amide bonds. The second-order valence-electron chi connectivity index (χ2n) is 8.79. The first-order valence-corrected chi connectivity index (χ1v) is 10.8. The Morgan fingerprint density at radius 1 is 1.27 bits per heavy atom. The molecule has 2 atom stereocenters. The predicted molar refractivity (Wildman–Crippen MR) is 116 cm³/mol. The summed E-state index contributed by atoms with van der Waals surface area (Å²) >= 11 is 0. The highest BCUT2D eigenvalue weighted by Crippen LogP contribution is 2.71. The molecule has 2 unspecified atom stereocenters. The van der Waals surface area contributed by atoms with E-state index in [1.165, 1.54) is 16.7 Å². The fourth-order valence-electron chi connectivity index (χ4n) is 5.14. The maximum Gasteiger partial charge on any atom is 0.124 e. The van der Waals surface area contributed by atoms with Gasteiger partial charge in [-0.15, -0.1) is 0 Å². The number of likely N-dealkylation sites (N-methyl/N-ethyl adjacent to an activating group) is 1. The van der Waals surface area contributed by atoms with E-state index in [0.717, 1.165) is 51.5 Å². The SMILES string of the molecule is CCOCCN(C)CC1=CC23CN(Cc4cccnc4)COC2(C3)c2ncccc21. The van der Waals surface area contributed by atoms with Crippen LogP contribution in [0, 0.1) is 5.41 Å². The van der Waals surface area contributed by atoms with Gasteiger partial charge in [-0.1, -0.05) is 18.2 Å². The van der Waals surface area contributed by atoms with Gasteiger partial charge in [-0.25, -0.2) is 0 Å². The molecule has 2 fully saturated rings. The highest BCUT2D eigenvalue weighted by molar-refractivity contribution is 5.75. The molecular weight excluding hydrogens is 376 g/mol. The number of rotatable bonds is 8. The van der Waals surface area contributed by atoms with Crippen LogP contribution in [0.25, 0.3) is 5.57 Å². The van der Waals surface area contributed by atoms with Crippen LogP contribution in [-0.2, 0) is 21.6 Å². The van der Waals surface area contributed by atoms with Crippen LogP contribution < -0.4 is 0 Å². The molecule has 5 rings (SSSR count). The number of fused-ring (bicyclic) bond motifs is 1. The van der Waals surface area contributed by atoms with Gasteiger partial charge in [0, 0.05) is 62.4 Å². The number of aromatic nitrogens is 2. The van der Waals surface area contributed by atoms with Crippen molar-refractivity contribution < 1.29 is 9.47 Å². The summed E-state index contributed by atoms with van der Waals surface area (Å²) in [7, 11) is 2.16. The van der Waals surface area contributed by atoms with Crippen molar-refractivity contribution in [3.05, 3.63) is 65.8 Å². The zero-order valence-electron chi connectivity index (χ0n) is 17.9. The van der Waals surface area contributed by atoms with Gasteiger partial charge in [0.25, 0.3) is 0 Å². The van der Waals surface area contributed by atoms with Gasteiger partial charge < -0.3 is 9.47 Å². The molecule has 2 aromatic rings. The summed E-state index contributed by atoms with van der Waals surface area (Å²) in [6.45, 7) is 7.86. The van der Waals surface area contributed by atoms with E-state index in [0.29, 0.717) is 6.73 Å². The van der Waals surface area contributed by atoms with Crippen molar-refractivity contribution in [3.8, 4) is 0 Å². The van der Waals surface area contributed by atoms with E-state index in [4.69, 9.17) is 14.5 Å². The number of pyridine rings is 2. The first-order chi connectivity index (χ1) is 14.7. The Kier molecular flexibility index (Phi) is 5.19. The molecule has 6 heteroatoms. The van der Waals surface area contributed by atoms with Gasteiger partial charge in [0.1, 0.15) is 12.3 Å². The molecule has 0 N–H and O–H groups in total. The van der Waals surface area contributed by atoms with Crippen LogP contribution >= 0.6 is 0 Å². The molecule has 0 spiro atoms. The van der Waals surface area contributed by atoms with E-state index < -0.39 is 0 Å². The van der Waals surface area contributed by atoms with Gasteiger partial charge >= 0.3 is 0 Å². The fraction of sp³-hybridized carbons (Fsp3) is 0.500. The molecule has 2 aromatic heterocycles. The molecule has 3 heterocycles. The molecule has 1 aliphatic heterocycles. The lowest BCUT2D eigenvalue weighted by Gasteiger charge is -2.40. The third kappa shape index (κ3) is 3.38. The van der Waals surface area contributed by atoms with Crippen LogP contribution in [-0.4, -0.2) is 66.4 Å². The van der Waals surface area contributed by atoms with Crippen LogP contribution in [0.2, 0.25) is 0 Å². The van der Waals surface area contributed by atoms with Crippen molar-refractivity contribution >= 4 is 5.57 Å².